The Morgan fingerprint density at radius 3 is 2.54 bits per heavy atom. The molecule has 0 aromatic heterocycles. The van der Waals surface area contributed by atoms with E-state index in [9.17, 15) is 4.79 Å². The predicted octanol–water partition coefficient (Wildman–Crippen LogP) is 1.70. The lowest BCUT2D eigenvalue weighted by molar-refractivity contribution is -0.118. The van der Waals surface area contributed by atoms with Crippen molar-refractivity contribution in [2.24, 2.45) is 5.73 Å². The zero-order valence-electron chi connectivity index (χ0n) is 7.00. The summed E-state index contributed by atoms with van der Waals surface area (Å²) in [7, 11) is 0. The molecular formula is C9H10BrNO2. The molecule has 0 saturated heterocycles. The van der Waals surface area contributed by atoms with Crippen LogP contribution in [0.3, 0.4) is 0 Å². The third-order valence-corrected chi connectivity index (χ3v) is 1.96. The number of ether oxygens (including phenoxy) is 1. The fourth-order valence-electron chi connectivity index (χ4n) is 0.800. The smallest absolute Gasteiger partial charge is 0.220 e. The van der Waals surface area contributed by atoms with Crippen LogP contribution in [0.15, 0.2) is 28.7 Å². The van der Waals surface area contributed by atoms with Gasteiger partial charge in [-0.1, -0.05) is 15.9 Å². The fraction of sp³-hybridized carbons (Fsp3) is 0.222. The molecule has 0 aliphatic heterocycles. The molecule has 1 aromatic carbocycles. The first kappa shape index (κ1) is 10.1. The van der Waals surface area contributed by atoms with Gasteiger partial charge in [0.15, 0.2) is 0 Å². The van der Waals surface area contributed by atoms with E-state index in [2.05, 4.69) is 15.9 Å². The molecule has 0 aliphatic carbocycles. The average Bonchev–Trinajstić information content (AvgIpc) is 2.08. The van der Waals surface area contributed by atoms with Gasteiger partial charge in [-0.2, -0.15) is 0 Å². The summed E-state index contributed by atoms with van der Waals surface area (Å²) in [6, 6.07) is 7.40. The highest BCUT2D eigenvalue weighted by Crippen LogP contribution is 2.15. The summed E-state index contributed by atoms with van der Waals surface area (Å²) in [5, 5.41) is 0. The highest BCUT2D eigenvalue weighted by molar-refractivity contribution is 9.10. The van der Waals surface area contributed by atoms with Gasteiger partial charge in [-0.05, 0) is 24.3 Å². The van der Waals surface area contributed by atoms with Crippen molar-refractivity contribution in [2.45, 2.75) is 6.42 Å². The minimum atomic E-state index is -0.350. The van der Waals surface area contributed by atoms with Crippen molar-refractivity contribution >= 4 is 21.8 Å². The second-order valence-corrected chi connectivity index (χ2v) is 3.43. The topological polar surface area (TPSA) is 52.3 Å². The van der Waals surface area contributed by atoms with Crippen LogP contribution >= 0.6 is 15.9 Å². The largest absolute Gasteiger partial charge is 0.493 e. The number of primary amides is 1. The summed E-state index contributed by atoms with van der Waals surface area (Å²) in [5.41, 5.74) is 4.95. The predicted molar refractivity (Wildman–Crippen MR) is 53.4 cm³/mol. The molecule has 4 heteroatoms. The zero-order valence-corrected chi connectivity index (χ0v) is 8.58. The minimum Gasteiger partial charge on any atom is -0.493 e. The quantitative estimate of drug-likeness (QED) is 0.876. The van der Waals surface area contributed by atoms with E-state index in [4.69, 9.17) is 10.5 Å². The number of amides is 1. The summed E-state index contributed by atoms with van der Waals surface area (Å²) in [5.74, 6) is 0.390. The highest BCUT2D eigenvalue weighted by Gasteiger charge is 1.96. The Labute approximate surface area is 85.0 Å². The van der Waals surface area contributed by atoms with Gasteiger partial charge < -0.3 is 10.5 Å². The Morgan fingerprint density at radius 2 is 2.00 bits per heavy atom. The number of hydrogen-bond acceptors (Lipinski definition) is 2. The van der Waals surface area contributed by atoms with Gasteiger partial charge in [-0.25, -0.2) is 0 Å². The van der Waals surface area contributed by atoms with Crippen LogP contribution in [0.2, 0.25) is 0 Å². The third-order valence-electron chi connectivity index (χ3n) is 1.43. The van der Waals surface area contributed by atoms with Crippen LogP contribution in [0.1, 0.15) is 6.42 Å². The summed E-state index contributed by atoms with van der Waals surface area (Å²) in [4.78, 5) is 10.4. The standard InChI is InChI=1S/C9H10BrNO2/c10-7-1-3-8(4-2-7)13-6-5-9(11)12/h1-4H,5-6H2,(H2,11,12). The van der Waals surface area contributed by atoms with Crippen molar-refractivity contribution in [3.63, 3.8) is 0 Å². The lowest BCUT2D eigenvalue weighted by Crippen LogP contribution is -2.14. The van der Waals surface area contributed by atoms with Gasteiger partial charge in [-0.15, -0.1) is 0 Å². The lowest BCUT2D eigenvalue weighted by atomic mass is 10.3. The van der Waals surface area contributed by atoms with E-state index in [0.29, 0.717) is 6.61 Å². The van der Waals surface area contributed by atoms with Gasteiger partial charge in [0.05, 0.1) is 13.0 Å². The second-order valence-electron chi connectivity index (χ2n) is 2.52. The molecule has 1 aromatic rings. The summed E-state index contributed by atoms with van der Waals surface area (Å²) >= 11 is 3.31. The SMILES string of the molecule is NC(=O)CCOc1ccc(Br)cc1. The molecule has 0 bridgehead atoms. The first-order valence-electron chi connectivity index (χ1n) is 3.85. The number of rotatable bonds is 4. The number of hydrogen-bond donors (Lipinski definition) is 1. The maximum Gasteiger partial charge on any atom is 0.220 e. The van der Waals surface area contributed by atoms with Crippen LogP contribution < -0.4 is 10.5 Å². The van der Waals surface area contributed by atoms with E-state index in [0.717, 1.165) is 10.2 Å². The van der Waals surface area contributed by atoms with Crippen LogP contribution in [0, 0.1) is 0 Å². The molecular weight excluding hydrogens is 234 g/mol. The molecule has 0 heterocycles. The number of carbonyl (C=O) groups excluding carboxylic acids is 1. The third kappa shape index (κ3) is 3.94. The Morgan fingerprint density at radius 1 is 1.38 bits per heavy atom. The molecule has 2 N–H and O–H groups in total. The van der Waals surface area contributed by atoms with Gasteiger partial charge in [0.1, 0.15) is 5.75 Å². The van der Waals surface area contributed by atoms with E-state index in [-0.39, 0.29) is 12.3 Å². The molecule has 13 heavy (non-hydrogen) atoms. The number of benzene rings is 1. The van der Waals surface area contributed by atoms with Crippen LogP contribution in [0.4, 0.5) is 0 Å². The summed E-state index contributed by atoms with van der Waals surface area (Å²) in [6.45, 7) is 0.330. The normalized spacial score (nSPS) is 9.62. The van der Waals surface area contributed by atoms with Crippen molar-refractivity contribution in [2.75, 3.05) is 6.61 Å². The van der Waals surface area contributed by atoms with Gasteiger partial charge in [0.25, 0.3) is 0 Å². The molecule has 0 aliphatic rings. The number of nitrogens with two attached hydrogens (primary N) is 1. The second kappa shape index (κ2) is 4.87. The fourth-order valence-corrected chi connectivity index (χ4v) is 1.06. The van der Waals surface area contributed by atoms with E-state index in [1.54, 1.807) is 0 Å². The maximum absolute atomic E-state index is 10.4. The van der Waals surface area contributed by atoms with E-state index in [1.807, 2.05) is 24.3 Å². The van der Waals surface area contributed by atoms with Crippen LogP contribution in [0.5, 0.6) is 5.75 Å². The summed E-state index contributed by atoms with van der Waals surface area (Å²) in [6.07, 6.45) is 0.246. The minimum absolute atomic E-state index is 0.246. The lowest BCUT2D eigenvalue weighted by Gasteiger charge is -2.03. The van der Waals surface area contributed by atoms with Crippen molar-refractivity contribution < 1.29 is 9.53 Å². The number of carbonyl (C=O) groups is 1. The monoisotopic (exact) mass is 243 g/mol. The van der Waals surface area contributed by atoms with Crippen LogP contribution in [-0.2, 0) is 4.79 Å². The number of halogens is 1. The van der Waals surface area contributed by atoms with Gasteiger partial charge in [0.2, 0.25) is 5.91 Å². The van der Waals surface area contributed by atoms with Gasteiger partial charge in [0, 0.05) is 4.47 Å². The van der Waals surface area contributed by atoms with E-state index in [1.165, 1.54) is 0 Å². The highest BCUT2D eigenvalue weighted by atomic mass is 79.9. The van der Waals surface area contributed by atoms with Crippen LogP contribution in [-0.4, -0.2) is 12.5 Å². The van der Waals surface area contributed by atoms with Gasteiger partial charge >= 0.3 is 0 Å². The van der Waals surface area contributed by atoms with Crippen molar-refractivity contribution in [1.82, 2.24) is 0 Å². The molecule has 0 radical (unpaired) electrons. The van der Waals surface area contributed by atoms with Crippen LogP contribution in [0.25, 0.3) is 0 Å². The molecule has 1 amide bonds. The molecule has 1 rings (SSSR count). The Hall–Kier alpha value is -1.03. The summed E-state index contributed by atoms with van der Waals surface area (Å²) < 4.78 is 6.25. The Balaban J connectivity index is 2.37. The van der Waals surface area contributed by atoms with Gasteiger partial charge in [-0.3, -0.25) is 4.79 Å². The zero-order chi connectivity index (χ0) is 9.68. The van der Waals surface area contributed by atoms with E-state index < -0.39 is 0 Å². The maximum atomic E-state index is 10.4. The van der Waals surface area contributed by atoms with Crippen molar-refractivity contribution in [3.8, 4) is 5.75 Å². The molecule has 0 fully saturated rings. The molecule has 0 unspecified atom stereocenters. The van der Waals surface area contributed by atoms with Crippen molar-refractivity contribution in [1.29, 1.82) is 0 Å². The first-order valence-corrected chi connectivity index (χ1v) is 4.64. The molecule has 0 spiro atoms. The molecule has 3 nitrogen and oxygen atoms in total. The average molecular weight is 244 g/mol. The first-order chi connectivity index (χ1) is 6.18. The Kier molecular flexibility index (Phi) is 3.76. The Bertz CT molecular complexity index is 284. The van der Waals surface area contributed by atoms with Crippen molar-refractivity contribution in [3.05, 3.63) is 28.7 Å². The molecule has 0 atom stereocenters. The van der Waals surface area contributed by atoms with E-state index >= 15 is 0 Å². The molecule has 0 saturated carbocycles. The molecule has 70 valence electrons.